The highest BCUT2D eigenvalue weighted by Gasteiger charge is 2.20. The lowest BCUT2D eigenvalue weighted by atomic mass is 10.1. The highest BCUT2D eigenvalue weighted by Crippen LogP contribution is 2.14. The van der Waals surface area contributed by atoms with Crippen LogP contribution in [0.4, 0.5) is 10.1 Å². The summed E-state index contributed by atoms with van der Waals surface area (Å²) in [5.41, 5.74) is 2.69. The van der Waals surface area contributed by atoms with Crippen LogP contribution in [0.15, 0.2) is 72.8 Å². The van der Waals surface area contributed by atoms with E-state index in [4.69, 9.17) is 11.6 Å². The van der Waals surface area contributed by atoms with Crippen molar-refractivity contribution in [2.75, 3.05) is 18.4 Å². The molecule has 3 aromatic rings. The normalized spacial score (nSPS) is 10.4. The number of amides is 3. The van der Waals surface area contributed by atoms with Gasteiger partial charge in [0.05, 0.1) is 6.54 Å². The molecule has 33 heavy (non-hydrogen) atoms. The molecule has 0 spiro atoms. The van der Waals surface area contributed by atoms with Gasteiger partial charge in [0.25, 0.3) is 5.91 Å². The monoisotopic (exact) mass is 467 g/mol. The van der Waals surface area contributed by atoms with E-state index in [1.54, 1.807) is 48.5 Å². The van der Waals surface area contributed by atoms with Gasteiger partial charge in [-0.3, -0.25) is 14.4 Å². The van der Waals surface area contributed by atoms with Gasteiger partial charge in [-0.1, -0.05) is 41.4 Å². The first-order chi connectivity index (χ1) is 15.8. The number of carbonyl (C=O) groups excluding carboxylic acids is 3. The summed E-state index contributed by atoms with van der Waals surface area (Å²) in [5.74, 6) is -1.68. The standard InChI is InChI=1S/C25H23ClFN3O3/c1-17-2-12-22(13-3-17)29-23(31)14-28-24(32)16-30(15-18-4-10-21(27)11-5-18)25(33)19-6-8-20(26)9-7-19/h2-13H,14-16H2,1H3,(H,28,32)(H,29,31). The molecule has 0 heterocycles. The molecule has 6 nitrogen and oxygen atoms in total. The van der Waals surface area contributed by atoms with Crippen molar-refractivity contribution in [1.29, 1.82) is 0 Å². The quantitative estimate of drug-likeness (QED) is 0.521. The molecule has 8 heteroatoms. The fraction of sp³-hybridized carbons (Fsp3) is 0.160. The number of aryl methyl sites for hydroxylation is 1. The SMILES string of the molecule is Cc1ccc(NC(=O)CNC(=O)CN(Cc2ccc(F)cc2)C(=O)c2ccc(Cl)cc2)cc1. The Bertz CT molecular complexity index is 1120. The van der Waals surface area contributed by atoms with Crippen LogP contribution in [0.5, 0.6) is 0 Å². The summed E-state index contributed by atoms with van der Waals surface area (Å²) in [7, 11) is 0. The van der Waals surface area contributed by atoms with Gasteiger partial charge in [0.2, 0.25) is 11.8 Å². The molecule has 0 radical (unpaired) electrons. The van der Waals surface area contributed by atoms with Gasteiger partial charge in [0, 0.05) is 22.8 Å². The molecule has 0 saturated carbocycles. The summed E-state index contributed by atoms with van der Waals surface area (Å²) >= 11 is 5.90. The van der Waals surface area contributed by atoms with Crippen molar-refractivity contribution in [3.63, 3.8) is 0 Å². The zero-order valence-electron chi connectivity index (χ0n) is 18.0. The maximum absolute atomic E-state index is 13.3. The van der Waals surface area contributed by atoms with Crippen molar-refractivity contribution in [2.45, 2.75) is 13.5 Å². The van der Waals surface area contributed by atoms with Gasteiger partial charge in [-0.05, 0) is 61.0 Å². The topological polar surface area (TPSA) is 78.5 Å². The number of nitrogens with one attached hydrogen (secondary N) is 2. The van der Waals surface area contributed by atoms with Crippen molar-refractivity contribution in [1.82, 2.24) is 10.2 Å². The summed E-state index contributed by atoms with van der Waals surface area (Å²) < 4.78 is 13.3. The summed E-state index contributed by atoms with van der Waals surface area (Å²) in [4.78, 5) is 39.0. The van der Waals surface area contributed by atoms with Crippen LogP contribution in [-0.4, -0.2) is 35.7 Å². The molecule has 3 amide bonds. The summed E-state index contributed by atoms with van der Waals surface area (Å²) in [5, 5.41) is 5.70. The van der Waals surface area contributed by atoms with Crippen molar-refractivity contribution in [3.05, 3.63) is 100 Å². The van der Waals surface area contributed by atoms with Crippen LogP contribution < -0.4 is 10.6 Å². The van der Waals surface area contributed by atoms with Gasteiger partial charge >= 0.3 is 0 Å². The molecule has 0 saturated heterocycles. The van der Waals surface area contributed by atoms with E-state index >= 15 is 0 Å². The third kappa shape index (κ3) is 7.43. The van der Waals surface area contributed by atoms with Crippen molar-refractivity contribution in [3.8, 4) is 0 Å². The Kier molecular flexibility index (Phi) is 8.16. The van der Waals surface area contributed by atoms with Gasteiger partial charge in [-0.2, -0.15) is 0 Å². The lowest BCUT2D eigenvalue weighted by molar-refractivity contribution is -0.124. The van der Waals surface area contributed by atoms with Gasteiger partial charge in [0.15, 0.2) is 0 Å². The minimum Gasteiger partial charge on any atom is -0.345 e. The van der Waals surface area contributed by atoms with E-state index in [2.05, 4.69) is 10.6 Å². The molecule has 0 aliphatic carbocycles. The molecule has 0 bridgehead atoms. The van der Waals surface area contributed by atoms with Crippen LogP contribution in [-0.2, 0) is 16.1 Å². The van der Waals surface area contributed by atoms with Gasteiger partial charge in [-0.15, -0.1) is 0 Å². The van der Waals surface area contributed by atoms with Crippen LogP contribution in [0.2, 0.25) is 5.02 Å². The maximum Gasteiger partial charge on any atom is 0.254 e. The zero-order valence-corrected chi connectivity index (χ0v) is 18.7. The number of hydrogen-bond acceptors (Lipinski definition) is 3. The number of halogens is 2. The van der Waals surface area contributed by atoms with Crippen LogP contribution in [0.3, 0.4) is 0 Å². The number of carbonyl (C=O) groups is 3. The van der Waals surface area contributed by atoms with Crippen molar-refractivity contribution < 1.29 is 18.8 Å². The minimum absolute atomic E-state index is 0.0880. The fourth-order valence-electron chi connectivity index (χ4n) is 3.03. The van der Waals surface area contributed by atoms with Gasteiger partial charge in [0.1, 0.15) is 12.4 Å². The number of hydrogen-bond donors (Lipinski definition) is 2. The summed E-state index contributed by atoms with van der Waals surface area (Å²) in [6.45, 7) is 1.50. The summed E-state index contributed by atoms with van der Waals surface area (Å²) in [6.07, 6.45) is 0. The van der Waals surface area contributed by atoms with Gasteiger partial charge < -0.3 is 15.5 Å². The summed E-state index contributed by atoms with van der Waals surface area (Å²) in [6, 6.07) is 19.2. The highest BCUT2D eigenvalue weighted by atomic mass is 35.5. The zero-order chi connectivity index (χ0) is 23.8. The lowest BCUT2D eigenvalue weighted by Gasteiger charge is -2.22. The van der Waals surface area contributed by atoms with E-state index < -0.39 is 17.6 Å². The largest absolute Gasteiger partial charge is 0.345 e. The number of nitrogens with zero attached hydrogens (tertiary/aromatic N) is 1. The number of benzene rings is 3. The molecule has 170 valence electrons. The predicted molar refractivity (Wildman–Crippen MR) is 125 cm³/mol. The van der Waals surface area contributed by atoms with Crippen molar-refractivity contribution in [2.24, 2.45) is 0 Å². The van der Waals surface area contributed by atoms with E-state index in [1.165, 1.54) is 17.0 Å². The third-order valence-corrected chi connectivity index (χ3v) is 5.03. The average Bonchev–Trinajstić information content (AvgIpc) is 2.80. The molecular formula is C25H23ClFN3O3. The molecule has 2 N–H and O–H groups in total. The van der Waals surface area contributed by atoms with Crippen LogP contribution >= 0.6 is 11.6 Å². The van der Waals surface area contributed by atoms with E-state index in [0.29, 0.717) is 21.8 Å². The third-order valence-electron chi connectivity index (χ3n) is 4.78. The second-order valence-corrected chi connectivity index (χ2v) is 7.92. The van der Waals surface area contributed by atoms with Crippen LogP contribution in [0.1, 0.15) is 21.5 Å². The Labute approximate surface area is 196 Å². The van der Waals surface area contributed by atoms with E-state index in [9.17, 15) is 18.8 Å². The Hall–Kier alpha value is -3.71. The Morgan fingerprint density at radius 1 is 0.879 bits per heavy atom. The smallest absolute Gasteiger partial charge is 0.254 e. The Balaban J connectivity index is 1.63. The minimum atomic E-state index is -0.501. The highest BCUT2D eigenvalue weighted by molar-refractivity contribution is 6.30. The van der Waals surface area contributed by atoms with Crippen LogP contribution in [0.25, 0.3) is 0 Å². The van der Waals surface area contributed by atoms with Gasteiger partial charge in [-0.25, -0.2) is 4.39 Å². The molecule has 0 fully saturated rings. The molecule has 0 aliphatic rings. The molecule has 0 atom stereocenters. The maximum atomic E-state index is 13.3. The molecule has 3 aromatic carbocycles. The number of rotatable bonds is 8. The first-order valence-corrected chi connectivity index (χ1v) is 10.6. The Morgan fingerprint density at radius 3 is 2.15 bits per heavy atom. The van der Waals surface area contributed by atoms with Crippen molar-refractivity contribution >= 4 is 35.0 Å². The average molecular weight is 468 g/mol. The second-order valence-electron chi connectivity index (χ2n) is 7.49. The first-order valence-electron chi connectivity index (χ1n) is 10.2. The van der Waals surface area contributed by atoms with E-state index in [1.807, 2.05) is 19.1 Å². The van der Waals surface area contributed by atoms with E-state index in [-0.39, 0.29) is 25.5 Å². The fourth-order valence-corrected chi connectivity index (χ4v) is 3.16. The molecule has 0 aliphatic heterocycles. The molecule has 3 rings (SSSR count). The second kappa shape index (κ2) is 11.2. The molecule has 0 unspecified atom stereocenters. The van der Waals surface area contributed by atoms with Crippen LogP contribution in [0, 0.1) is 12.7 Å². The molecular weight excluding hydrogens is 445 g/mol. The predicted octanol–water partition coefficient (Wildman–Crippen LogP) is 4.18. The van der Waals surface area contributed by atoms with E-state index in [0.717, 1.165) is 5.56 Å². The Morgan fingerprint density at radius 2 is 1.52 bits per heavy atom. The first kappa shape index (κ1) is 23.9. The molecule has 0 aromatic heterocycles. The lowest BCUT2D eigenvalue weighted by Crippen LogP contribution is -2.42. The number of anilines is 1.